The second kappa shape index (κ2) is 5.67. The largest absolute Gasteiger partial charge is 0.384 e. The lowest BCUT2D eigenvalue weighted by Gasteiger charge is -2.12. The third-order valence-electron chi connectivity index (χ3n) is 2.95. The predicted octanol–water partition coefficient (Wildman–Crippen LogP) is 3.45. The van der Waals surface area contributed by atoms with Gasteiger partial charge in [0.1, 0.15) is 6.10 Å². The molecule has 1 N–H and O–H groups in total. The smallest absolute Gasteiger partial charge is 0.107 e. The van der Waals surface area contributed by atoms with E-state index in [9.17, 15) is 5.11 Å². The molecule has 0 saturated carbocycles. The standard InChI is InChI=1S/C14H17BrN2O/c1-3-6-17-9-11(8-16-17)14(18)13-5-4-12(15)7-10(13)2/h4-5,7-9,14,18H,3,6H2,1-2H3. The van der Waals surface area contributed by atoms with Gasteiger partial charge in [-0.15, -0.1) is 0 Å². The Morgan fingerprint density at radius 2 is 2.22 bits per heavy atom. The van der Waals surface area contributed by atoms with E-state index in [0.29, 0.717) is 0 Å². The highest BCUT2D eigenvalue weighted by Crippen LogP contribution is 2.26. The maximum Gasteiger partial charge on any atom is 0.107 e. The summed E-state index contributed by atoms with van der Waals surface area (Å²) >= 11 is 3.43. The normalized spacial score (nSPS) is 12.7. The Morgan fingerprint density at radius 3 is 2.89 bits per heavy atom. The van der Waals surface area contributed by atoms with Crippen molar-refractivity contribution in [2.45, 2.75) is 32.9 Å². The van der Waals surface area contributed by atoms with Gasteiger partial charge in [0.2, 0.25) is 0 Å². The van der Waals surface area contributed by atoms with Crippen LogP contribution in [0.25, 0.3) is 0 Å². The first-order valence-electron chi connectivity index (χ1n) is 6.08. The molecule has 0 bridgehead atoms. The molecule has 1 atom stereocenters. The lowest BCUT2D eigenvalue weighted by atomic mass is 10.00. The highest BCUT2D eigenvalue weighted by molar-refractivity contribution is 9.10. The SMILES string of the molecule is CCCn1cc(C(O)c2ccc(Br)cc2C)cn1. The molecule has 0 fully saturated rings. The van der Waals surface area contributed by atoms with Gasteiger partial charge in [-0.1, -0.05) is 28.9 Å². The minimum Gasteiger partial charge on any atom is -0.384 e. The fraction of sp³-hybridized carbons (Fsp3) is 0.357. The van der Waals surface area contributed by atoms with Crippen LogP contribution >= 0.6 is 15.9 Å². The highest BCUT2D eigenvalue weighted by Gasteiger charge is 2.14. The molecule has 3 nitrogen and oxygen atoms in total. The summed E-state index contributed by atoms with van der Waals surface area (Å²) in [5.41, 5.74) is 2.84. The van der Waals surface area contributed by atoms with Gasteiger partial charge in [0, 0.05) is 22.8 Å². The van der Waals surface area contributed by atoms with Gasteiger partial charge in [-0.05, 0) is 36.6 Å². The maximum absolute atomic E-state index is 10.4. The van der Waals surface area contributed by atoms with Crippen LogP contribution in [0.15, 0.2) is 35.1 Å². The number of aliphatic hydroxyl groups is 1. The monoisotopic (exact) mass is 308 g/mol. The van der Waals surface area contributed by atoms with Crippen LogP contribution in [0, 0.1) is 6.92 Å². The molecule has 0 amide bonds. The number of halogens is 1. The molecule has 1 unspecified atom stereocenters. The second-order valence-corrected chi connectivity index (χ2v) is 5.36. The first-order valence-corrected chi connectivity index (χ1v) is 6.87. The number of nitrogens with zero attached hydrogens (tertiary/aromatic N) is 2. The van der Waals surface area contributed by atoms with E-state index in [0.717, 1.165) is 34.1 Å². The van der Waals surface area contributed by atoms with Crippen LogP contribution in [0.4, 0.5) is 0 Å². The molecule has 2 rings (SSSR count). The molecule has 1 heterocycles. The first-order chi connectivity index (χ1) is 8.61. The molecule has 0 saturated heterocycles. The van der Waals surface area contributed by atoms with Gasteiger partial charge in [-0.25, -0.2) is 0 Å². The molecule has 1 aromatic heterocycles. The van der Waals surface area contributed by atoms with Gasteiger partial charge in [0.15, 0.2) is 0 Å². The van der Waals surface area contributed by atoms with E-state index in [1.54, 1.807) is 6.20 Å². The lowest BCUT2D eigenvalue weighted by molar-refractivity contribution is 0.219. The minimum absolute atomic E-state index is 0.608. The zero-order valence-electron chi connectivity index (χ0n) is 10.6. The minimum atomic E-state index is -0.608. The Labute approximate surface area is 116 Å². The molecule has 0 aliphatic heterocycles. The Hall–Kier alpha value is -1.13. The van der Waals surface area contributed by atoms with Crippen LogP contribution in [0.1, 0.15) is 36.1 Å². The van der Waals surface area contributed by atoms with Crippen molar-refractivity contribution in [3.05, 3.63) is 51.8 Å². The molecule has 0 aliphatic rings. The molecular weight excluding hydrogens is 292 g/mol. The summed E-state index contributed by atoms with van der Waals surface area (Å²) in [6.07, 6.45) is 4.08. The van der Waals surface area contributed by atoms with Gasteiger partial charge < -0.3 is 5.11 Å². The first kappa shape index (κ1) is 13.3. The van der Waals surface area contributed by atoms with Gasteiger partial charge in [-0.3, -0.25) is 4.68 Å². The van der Waals surface area contributed by atoms with Gasteiger partial charge in [0.25, 0.3) is 0 Å². The highest BCUT2D eigenvalue weighted by atomic mass is 79.9. The van der Waals surface area contributed by atoms with E-state index in [1.807, 2.05) is 36.0 Å². The molecular formula is C14H17BrN2O. The lowest BCUT2D eigenvalue weighted by Crippen LogP contribution is -2.01. The molecule has 18 heavy (non-hydrogen) atoms. The van der Waals surface area contributed by atoms with Gasteiger partial charge >= 0.3 is 0 Å². The van der Waals surface area contributed by atoms with Crippen molar-refractivity contribution in [1.82, 2.24) is 9.78 Å². The number of hydrogen-bond donors (Lipinski definition) is 1. The number of aromatic nitrogens is 2. The van der Waals surface area contributed by atoms with Crippen LogP contribution in [0.3, 0.4) is 0 Å². The maximum atomic E-state index is 10.4. The summed E-state index contributed by atoms with van der Waals surface area (Å²) in [7, 11) is 0. The number of rotatable bonds is 4. The Bertz CT molecular complexity index is 536. The third-order valence-corrected chi connectivity index (χ3v) is 3.44. The molecule has 4 heteroatoms. The molecule has 2 aromatic rings. The van der Waals surface area contributed by atoms with E-state index in [2.05, 4.69) is 28.0 Å². The Balaban J connectivity index is 2.26. The average molecular weight is 309 g/mol. The molecule has 0 aliphatic carbocycles. The zero-order valence-corrected chi connectivity index (χ0v) is 12.2. The van der Waals surface area contributed by atoms with Crippen LogP contribution < -0.4 is 0 Å². The predicted molar refractivity (Wildman–Crippen MR) is 75.5 cm³/mol. The fourth-order valence-corrected chi connectivity index (χ4v) is 2.47. The summed E-state index contributed by atoms with van der Waals surface area (Å²) < 4.78 is 2.89. The van der Waals surface area contributed by atoms with E-state index in [-0.39, 0.29) is 0 Å². The van der Waals surface area contributed by atoms with E-state index >= 15 is 0 Å². The van der Waals surface area contributed by atoms with Crippen molar-refractivity contribution in [3.8, 4) is 0 Å². The van der Waals surface area contributed by atoms with E-state index < -0.39 is 6.10 Å². The van der Waals surface area contributed by atoms with Crippen LogP contribution in [-0.2, 0) is 6.54 Å². The number of aryl methyl sites for hydroxylation is 2. The average Bonchev–Trinajstić information content (AvgIpc) is 2.77. The van der Waals surface area contributed by atoms with Crippen LogP contribution in [0.5, 0.6) is 0 Å². The van der Waals surface area contributed by atoms with Crippen LogP contribution in [0.2, 0.25) is 0 Å². The van der Waals surface area contributed by atoms with Crippen molar-refractivity contribution in [1.29, 1.82) is 0 Å². The summed E-state index contributed by atoms with van der Waals surface area (Å²) in [4.78, 5) is 0. The van der Waals surface area contributed by atoms with Crippen molar-refractivity contribution >= 4 is 15.9 Å². The summed E-state index contributed by atoms with van der Waals surface area (Å²) in [6.45, 7) is 4.99. The number of aliphatic hydroxyl groups excluding tert-OH is 1. The molecule has 1 aromatic carbocycles. The fourth-order valence-electron chi connectivity index (χ4n) is 2.00. The number of hydrogen-bond acceptors (Lipinski definition) is 2. The Kier molecular flexibility index (Phi) is 4.19. The van der Waals surface area contributed by atoms with Crippen molar-refractivity contribution in [3.63, 3.8) is 0 Å². The molecule has 0 radical (unpaired) electrons. The summed E-state index contributed by atoms with van der Waals surface area (Å²) in [6, 6.07) is 5.90. The summed E-state index contributed by atoms with van der Waals surface area (Å²) in [5, 5.41) is 14.6. The Morgan fingerprint density at radius 1 is 1.44 bits per heavy atom. The zero-order chi connectivity index (χ0) is 13.1. The summed E-state index contributed by atoms with van der Waals surface area (Å²) in [5.74, 6) is 0. The van der Waals surface area contributed by atoms with Crippen molar-refractivity contribution < 1.29 is 5.11 Å². The van der Waals surface area contributed by atoms with Gasteiger partial charge in [0.05, 0.1) is 6.20 Å². The third kappa shape index (κ3) is 2.82. The quantitative estimate of drug-likeness (QED) is 0.939. The molecule has 0 spiro atoms. The number of benzene rings is 1. The van der Waals surface area contributed by atoms with Crippen molar-refractivity contribution in [2.24, 2.45) is 0 Å². The van der Waals surface area contributed by atoms with Gasteiger partial charge in [-0.2, -0.15) is 5.10 Å². The van der Waals surface area contributed by atoms with Crippen molar-refractivity contribution in [2.75, 3.05) is 0 Å². The molecule has 96 valence electrons. The van der Waals surface area contributed by atoms with E-state index in [4.69, 9.17) is 0 Å². The van der Waals surface area contributed by atoms with E-state index in [1.165, 1.54) is 0 Å². The topological polar surface area (TPSA) is 38.0 Å². The van der Waals surface area contributed by atoms with Crippen LogP contribution in [-0.4, -0.2) is 14.9 Å². The second-order valence-electron chi connectivity index (χ2n) is 4.44.